The van der Waals surface area contributed by atoms with Crippen LogP contribution in [0.25, 0.3) is 0 Å². The maximum absolute atomic E-state index is 13.8. The van der Waals surface area contributed by atoms with Crippen molar-refractivity contribution in [3.63, 3.8) is 0 Å². The van der Waals surface area contributed by atoms with Crippen molar-refractivity contribution in [2.75, 3.05) is 7.11 Å². The molecule has 0 bridgehead atoms. The molecule has 0 spiro atoms. The number of hydrogen-bond acceptors (Lipinski definition) is 5. The molecule has 1 aliphatic carbocycles. The first-order valence-corrected chi connectivity index (χ1v) is 13.0. The average Bonchev–Trinajstić information content (AvgIpc) is 3.68. The lowest BCUT2D eigenvalue weighted by Crippen LogP contribution is -2.64. The van der Waals surface area contributed by atoms with Gasteiger partial charge in [0.2, 0.25) is 5.91 Å². The Morgan fingerprint density at radius 2 is 1.61 bits per heavy atom. The summed E-state index contributed by atoms with van der Waals surface area (Å²) < 4.78 is 6.83. The number of imidazole rings is 1. The van der Waals surface area contributed by atoms with Crippen LogP contribution in [0.1, 0.15) is 64.4 Å². The maximum atomic E-state index is 13.8. The first-order chi connectivity index (χ1) is 18.3. The highest BCUT2D eigenvalue weighted by Gasteiger charge is 2.53. The Hall–Kier alpha value is -4.14. The Morgan fingerprint density at radius 3 is 2.21 bits per heavy atom. The van der Waals surface area contributed by atoms with Gasteiger partial charge in [-0.3, -0.25) is 14.4 Å². The third-order valence-electron chi connectivity index (χ3n) is 7.38. The Bertz CT molecular complexity index is 1340. The van der Waals surface area contributed by atoms with Gasteiger partial charge in [0.05, 0.1) is 20.0 Å². The number of amides is 3. The van der Waals surface area contributed by atoms with Gasteiger partial charge in [0, 0.05) is 19.1 Å². The Balaban J connectivity index is 1.32. The number of carbonyl (C=O) groups excluding carboxylic acids is 3. The van der Waals surface area contributed by atoms with E-state index in [0.29, 0.717) is 13.1 Å². The van der Waals surface area contributed by atoms with Gasteiger partial charge in [-0.2, -0.15) is 0 Å². The number of rotatable bonds is 9. The Morgan fingerprint density at radius 1 is 1.00 bits per heavy atom. The minimum Gasteiger partial charge on any atom is -0.497 e. The van der Waals surface area contributed by atoms with E-state index in [1.807, 2.05) is 48.5 Å². The SMILES string of the molecule is CCc1ccc(CNC(=O)c2ncn3c2C(=O)N(C2CC2)[C@](C)(C(=O)NCc2ccc(OC)cc2)C3)cc1. The lowest BCUT2D eigenvalue weighted by atomic mass is 9.93. The highest BCUT2D eigenvalue weighted by Crippen LogP contribution is 2.38. The predicted molar refractivity (Wildman–Crippen MR) is 142 cm³/mol. The molecule has 1 aliphatic heterocycles. The van der Waals surface area contributed by atoms with Gasteiger partial charge >= 0.3 is 0 Å². The molecule has 38 heavy (non-hydrogen) atoms. The highest BCUT2D eigenvalue weighted by atomic mass is 16.5. The molecule has 9 heteroatoms. The summed E-state index contributed by atoms with van der Waals surface area (Å²) in [5, 5.41) is 5.89. The summed E-state index contributed by atoms with van der Waals surface area (Å²) in [7, 11) is 1.61. The minimum absolute atomic E-state index is 0.0316. The summed E-state index contributed by atoms with van der Waals surface area (Å²) in [6, 6.07) is 15.5. The van der Waals surface area contributed by atoms with Crippen LogP contribution in [0.5, 0.6) is 5.75 Å². The first kappa shape index (κ1) is 25.5. The molecule has 1 fully saturated rings. The Labute approximate surface area is 222 Å². The van der Waals surface area contributed by atoms with Crippen molar-refractivity contribution < 1.29 is 19.1 Å². The predicted octanol–water partition coefficient (Wildman–Crippen LogP) is 3.08. The molecule has 3 aromatic rings. The van der Waals surface area contributed by atoms with Crippen LogP contribution in [0.3, 0.4) is 0 Å². The van der Waals surface area contributed by atoms with E-state index in [0.717, 1.165) is 36.1 Å². The van der Waals surface area contributed by atoms with Crippen LogP contribution in [0.15, 0.2) is 54.9 Å². The molecule has 5 rings (SSSR count). The third kappa shape index (κ3) is 4.88. The standard InChI is InChI=1S/C29H33N5O4/c1-4-19-5-7-20(8-6-19)15-30-26(35)24-25-27(36)34(22-11-12-22)29(2,17-33(25)18-32-24)28(37)31-16-21-9-13-23(38-3)14-10-21/h5-10,13-14,18,22H,4,11-12,15-17H2,1-3H3,(H,30,35)(H,31,37)/t29-/m0/s1. The van der Waals surface area contributed by atoms with Crippen LogP contribution in [0.2, 0.25) is 0 Å². The zero-order chi connectivity index (χ0) is 26.9. The summed E-state index contributed by atoms with van der Waals surface area (Å²) in [6.45, 7) is 4.76. The van der Waals surface area contributed by atoms with Gasteiger partial charge in [-0.1, -0.05) is 43.3 Å². The number of aryl methyl sites for hydroxylation is 1. The second-order valence-electron chi connectivity index (χ2n) is 10.1. The molecule has 2 aromatic carbocycles. The van der Waals surface area contributed by atoms with E-state index in [1.165, 1.54) is 11.9 Å². The zero-order valence-corrected chi connectivity index (χ0v) is 22.0. The molecule has 1 saturated carbocycles. The molecule has 2 heterocycles. The van der Waals surface area contributed by atoms with E-state index < -0.39 is 11.4 Å². The van der Waals surface area contributed by atoms with Crippen molar-refractivity contribution in [2.45, 2.75) is 64.3 Å². The van der Waals surface area contributed by atoms with Crippen molar-refractivity contribution in [1.29, 1.82) is 0 Å². The van der Waals surface area contributed by atoms with Crippen LogP contribution in [0, 0.1) is 0 Å². The fourth-order valence-corrected chi connectivity index (χ4v) is 5.00. The number of aromatic nitrogens is 2. The first-order valence-electron chi connectivity index (χ1n) is 13.0. The van der Waals surface area contributed by atoms with Crippen LogP contribution < -0.4 is 15.4 Å². The fourth-order valence-electron chi connectivity index (χ4n) is 5.00. The van der Waals surface area contributed by atoms with Gasteiger partial charge in [0.25, 0.3) is 11.8 Å². The van der Waals surface area contributed by atoms with E-state index in [2.05, 4.69) is 22.5 Å². The number of ether oxygens (including phenoxy) is 1. The van der Waals surface area contributed by atoms with Gasteiger partial charge in [0.15, 0.2) is 5.69 Å². The van der Waals surface area contributed by atoms with Crippen molar-refractivity contribution in [1.82, 2.24) is 25.1 Å². The van der Waals surface area contributed by atoms with Gasteiger partial charge < -0.3 is 24.8 Å². The number of nitrogens with one attached hydrogen (secondary N) is 2. The number of nitrogens with zero attached hydrogens (tertiary/aromatic N) is 3. The van der Waals surface area contributed by atoms with Crippen LogP contribution >= 0.6 is 0 Å². The second-order valence-corrected chi connectivity index (χ2v) is 10.1. The molecule has 1 aromatic heterocycles. The van der Waals surface area contributed by atoms with Crippen LogP contribution in [0.4, 0.5) is 0 Å². The fraction of sp³-hybridized carbons (Fsp3) is 0.379. The van der Waals surface area contributed by atoms with Gasteiger partial charge in [-0.25, -0.2) is 4.98 Å². The molecule has 9 nitrogen and oxygen atoms in total. The van der Waals surface area contributed by atoms with Crippen molar-refractivity contribution in [3.05, 3.63) is 82.9 Å². The van der Waals surface area contributed by atoms with E-state index in [4.69, 9.17) is 4.74 Å². The number of fused-ring (bicyclic) bond motifs is 1. The van der Waals surface area contributed by atoms with Crippen LogP contribution in [-0.2, 0) is 30.8 Å². The smallest absolute Gasteiger partial charge is 0.274 e. The summed E-state index contributed by atoms with van der Waals surface area (Å²) in [5.74, 6) is -0.244. The maximum Gasteiger partial charge on any atom is 0.274 e. The number of hydrogen-bond donors (Lipinski definition) is 2. The van der Waals surface area contributed by atoms with Gasteiger partial charge in [-0.05, 0) is 55.0 Å². The van der Waals surface area contributed by atoms with Gasteiger partial charge in [0.1, 0.15) is 17.0 Å². The zero-order valence-electron chi connectivity index (χ0n) is 22.0. The highest BCUT2D eigenvalue weighted by molar-refractivity contribution is 6.07. The molecule has 0 unspecified atom stereocenters. The second kappa shape index (κ2) is 10.3. The van der Waals surface area contributed by atoms with Crippen molar-refractivity contribution in [3.8, 4) is 5.75 Å². The summed E-state index contributed by atoms with van der Waals surface area (Å²) in [5.41, 5.74) is 2.34. The molecule has 0 radical (unpaired) electrons. The molecule has 198 valence electrons. The summed E-state index contributed by atoms with van der Waals surface area (Å²) >= 11 is 0. The average molecular weight is 516 g/mol. The van der Waals surface area contributed by atoms with Crippen molar-refractivity contribution >= 4 is 17.7 Å². The molecule has 2 N–H and O–H groups in total. The van der Waals surface area contributed by atoms with Crippen molar-refractivity contribution in [2.24, 2.45) is 0 Å². The number of carbonyl (C=O) groups is 3. The number of benzene rings is 2. The molecule has 2 aliphatic rings. The topological polar surface area (TPSA) is 106 Å². The quantitative estimate of drug-likeness (QED) is 0.456. The largest absolute Gasteiger partial charge is 0.497 e. The number of methoxy groups -OCH3 is 1. The molecule has 1 atom stereocenters. The lowest BCUT2D eigenvalue weighted by molar-refractivity contribution is -0.133. The summed E-state index contributed by atoms with van der Waals surface area (Å²) in [6.07, 6.45) is 4.09. The molecular weight excluding hydrogens is 482 g/mol. The minimum atomic E-state index is -1.10. The third-order valence-corrected chi connectivity index (χ3v) is 7.38. The molecule has 3 amide bonds. The molecular formula is C29H33N5O4. The Kier molecular flexibility index (Phi) is 6.93. The monoisotopic (exact) mass is 515 g/mol. The molecule has 0 saturated heterocycles. The van der Waals surface area contributed by atoms with E-state index in [9.17, 15) is 14.4 Å². The van der Waals surface area contributed by atoms with E-state index >= 15 is 0 Å². The van der Waals surface area contributed by atoms with E-state index in [-0.39, 0.29) is 35.8 Å². The summed E-state index contributed by atoms with van der Waals surface area (Å²) in [4.78, 5) is 46.3. The van der Waals surface area contributed by atoms with Crippen LogP contribution in [-0.4, -0.2) is 50.9 Å². The lowest BCUT2D eigenvalue weighted by Gasteiger charge is -2.44. The van der Waals surface area contributed by atoms with E-state index in [1.54, 1.807) is 23.5 Å². The normalized spacial score (nSPS) is 18.6. The van der Waals surface area contributed by atoms with Gasteiger partial charge in [-0.15, -0.1) is 0 Å².